The molecule has 1 aromatic carbocycles. The first kappa shape index (κ1) is 17.0. The largest absolute Gasteiger partial charge is 0.352 e. The quantitative estimate of drug-likeness (QED) is 0.611. The van der Waals surface area contributed by atoms with Crippen molar-refractivity contribution in [3.05, 3.63) is 33.6 Å². The molecule has 0 unspecified atom stereocenters. The smallest absolute Gasteiger partial charge is 0.271 e. The van der Waals surface area contributed by atoms with E-state index in [1.165, 1.54) is 0 Å². The number of nitrogens with one attached hydrogen (secondary N) is 1. The van der Waals surface area contributed by atoms with Crippen molar-refractivity contribution >= 4 is 21.6 Å². The number of nitrogens with two attached hydrogens (primary N) is 1. The van der Waals surface area contributed by atoms with Crippen LogP contribution in [-0.4, -0.2) is 25.8 Å². The number of amides is 1. The van der Waals surface area contributed by atoms with Crippen LogP contribution < -0.4 is 10.5 Å². The van der Waals surface area contributed by atoms with Gasteiger partial charge in [-0.25, -0.2) is 17.9 Å². The van der Waals surface area contributed by atoms with E-state index in [0.717, 1.165) is 0 Å². The summed E-state index contributed by atoms with van der Waals surface area (Å²) in [4.78, 5) is 20.5. The van der Waals surface area contributed by atoms with Crippen LogP contribution in [0.2, 0.25) is 0 Å². The molecular weight excluding hydrogens is 305 g/mol. The Bertz CT molecular complexity index is 687. The van der Waals surface area contributed by atoms with Crippen molar-refractivity contribution in [1.82, 2.24) is 5.32 Å². The molecule has 0 saturated carbocycles. The molecule has 0 aliphatic rings. The number of primary sulfonamides is 1. The van der Waals surface area contributed by atoms with Crippen LogP contribution in [-0.2, 0) is 10.0 Å². The Morgan fingerprint density at radius 1 is 1.48 bits per heavy atom. The molecule has 1 amide bonds. The van der Waals surface area contributed by atoms with Crippen LogP contribution in [0.4, 0.5) is 10.1 Å². The van der Waals surface area contributed by atoms with Crippen LogP contribution in [0.3, 0.4) is 0 Å². The highest BCUT2D eigenvalue weighted by Crippen LogP contribution is 2.24. The van der Waals surface area contributed by atoms with Crippen molar-refractivity contribution < 1.29 is 22.5 Å². The van der Waals surface area contributed by atoms with Crippen LogP contribution in [0.1, 0.15) is 24.2 Å². The molecule has 0 atom stereocenters. The molecule has 0 aliphatic heterocycles. The van der Waals surface area contributed by atoms with Gasteiger partial charge in [-0.05, 0) is 5.92 Å². The first-order valence-corrected chi connectivity index (χ1v) is 7.37. The topological polar surface area (TPSA) is 132 Å². The van der Waals surface area contributed by atoms with Gasteiger partial charge in [0, 0.05) is 18.7 Å². The number of benzene rings is 1. The summed E-state index contributed by atoms with van der Waals surface area (Å²) in [7, 11) is -4.54. The first-order valence-electron chi connectivity index (χ1n) is 5.83. The maximum absolute atomic E-state index is 14.0. The minimum absolute atomic E-state index is 0.0634. The van der Waals surface area contributed by atoms with E-state index in [0.29, 0.717) is 12.1 Å². The number of carbonyl (C=O) groups excluding carboxylic acids is 1. The Labute approximate surface area is 120 Å². The van der Waals surface area contributed by atoms with Crippen molar-refractivity contribution in [2.24, 2.45) is 11.1 Å². The second kappa shape index (κ2) is 6.14. The van der Waals surface area contributed by atoms with E-state index in [2.05, 4.69) is 5.32 Å². The zero-order valence-corrected chi connectivity index (χ0v) is 12.1. The minimum Gasteiger partial charge on any atom is -0.352 e. The van der Waals surface area contributed by atoms with Crippen LogP contribution in [0.25, 0.3) is 0 Å². The molecule has 10 heteroatoms. The summed E-state index contributed by atoms with van der Waals surface area (Å²) in [6, 6.07) is 1.14. The van der Waals surface area contributed by atoms with Crippen LogP contribution in [0.15, 0.2) is 17.0 Å². The molecule has 116 valence electrons. The van der Waals surface area contributed by atoms with E-state index in [1.807, 2.05) is 0 Å². The number of hydrogen-bond acceptors (Lipinski definition) is 5. The number of rotatable bonds is 5. The molecule has 0 aliphatic carbocycles. The normalized spacial score (nSPS) is 11.5. The predicted molar refractivity (Wildman–Crippen MR) is 71.6 cm³/mol. The van der Waals surface area contributed by atoms with Crippen molar-refractivity contribution in [3.8, 4) is 0 Å². The van der Waals surface area contributed by atoms with Gasteiger partial charge in [0.05, 0.1) is 10.5 Å². The lowest BCUT2D eigenvalue weighted by Gasteiger charge is -2.10. The molecule has 3 N–H and O–H groups in total. The Morgan fingerprint density at radius 3 is 2.48 bits per heavy atom. The average molecular weight is 319 g/mol. The van der Waals surface area contributed by atoms with Crippen LogP contribution >= 0.6 is 0 Å². The number of nitro benzene ring substituents is 1. The molecule has 0 saturated heterocycles. The predicted octanol–water partition coefficient (Wildman–Crippen LogP) is 0.767. The maximum Gasteiger partial charge on any atom is 0.271 e. The number of hydrogen-bond donors (Lipinski definition) is 2. The third kappa shape index (κ3) is 4.20. The number of nitrogens with zero attached hydrogens (tertiary/aromatic N) is 1. The van der Waals surface area contributed by atoms with Gasteiger partial charge in [0.25, 0.3) is 11.6 Å². The zero-order chi connectivity index (χ0) is 16.4. The second-order valence-corrected chi connectivity index (χ2v) is 6.24. The van der Waals surface area contributed by atoms with E-state index in [4.69, 9.17) is 5.14 Å². The summed E-state index contributed by atoms with van der Waals surface area (Å²) < 4.78 is 36.6. The van der Waals surface area contributed by atoms with Gasteiger partial charge >= 0.3 is 0 Å². The summed E-state index contributed by atoms with van der Waals surface area (Å²) in [6.07, 6.45) is 0. The number of carbonyl (C=O) groups is 1. The van der Waals surface area contributed by atoms with Gasteiger partial charge in [0.2, 0.25) is 10.0 Å². The standard InChI is InChI=1S/C11H14FN3O5S/c1-6(2)5-14-11(16)8-3-7(15(17)18)4-9(10(8)12)21(13,19)20/h3-4,6H,5H2,1-2H3,(H,14,16)(H2,13,19,20). The van der Waals surface area contributed by atoms with Crippen molar-refractivity contribution in [2.45, 2.75) is 18.7 Å². The fraction of sp³-hybridized carbons (Fsp3) is 0.364. The Morgan fingerprint density at radius 2 is 2.05 bits per heavy atom. The maximum atomic E-state index is 14.0. The van der Waals surface area contributed by atoms with Crippen molar-refractivity contribution in [1.29, 1.82) is 0 Å². The highest BCUT2D eigenvalue weighted by Gasteiger charge is 2.26. The van der Waals surface area contributed by atoms with E-state index < -0.39 is 42.8 Å². The zero-order valence-electron chi connectivity index (χ0n) is 11.3. The van der Waals surface area contributed by atoms with Crippen molar-refractivity contribution in [3.63, 3.8) is 0 Å². The molecule has 1 aromatic rings. The molecule has 1 rings (SSSR count). The van der Waals surface area contributed by atoms with Gasteiger partial charge in [-0.2, -0.15) is 0 Å². The SMILES string of the molecule is CC(C)CNC(=O)c1cc([N+](=O)[O-])cc(S(N)(=O)=O)c1F. The third-order valence-corrected chi connectivity index (χ3v) is 3.37. The van der Waals surface area contributed by atoms with Gasteiger partial charge < -0.3 is 5.32 Å². The molecule has 0 aromatic heterocycles. The molecule has 21 heavy (non-hydrogen) atoms. The molecule has 0 bridgehead atoms. The lowest BCUT2D eigenvalue weighted by Crippen LogP contribution is -2.29. The minimum atomic E-state index is -4.54. The van der Waals surface area contributed by atoms with Gasteiger partial charge in [0.15, 0.2) is 5.82 Å². The number of non-ortho nitro benzene ring substituents is 1. The van der Waals surface area contributed by atoms with E-state index in [1.54, 1.807) is 13.8 Å². The second-order valence-electron chi connectivity index (χ2n) is 4.71. The number of nitro groups is 1. The highest BCUT2D eigenvalue weighted by molar-refractivity contribution is 7.89. The summed E-state index contributed by atoms with van der Waals surface area (Å²) in [5.41, 5.74) is -1.48. The molecule has 0 fully saturated rings. The van der Waals surface area contributed by atoms with Gasteiger partial charge in [-0.15, -0.1) is 0 Å². The molecular formula is C11H14FN3O5S. The highest BCUT2D eigenvalue weighted by atomic mass is 32.2. The molecule has 8 nitrogen and oxygen atoms in total. The van der Waals surface area contributed by atoms with Gasteiger partial charge in [0.1, 0.15) is 4.90 Å². The fourth-order valence-electron chi connectivity index (χ4n) is 1.45. The summed E-state index contributed by atoms with van der Waals surface area (Å²) in [5.74, 6) is -2.30. The lowest BCUT2D eigenvalue weighted by molar-refractivity contribution is -0.385. The Hall–Kier alpha value is -2.07. The van der Waals surface area contributed by atoms with Gasteiger partial charge in [-0.3, -0.25) is 14.9 Å². The Kier molecular flexibility index (Phi) is 4.97. The van der Waals surface area contributed by atoms with Crippen LogP contribution in [0, 0.1) is 21.8 Å². The van der Waals surface area contributed by atoms with Crippen molar-refractivity contribution in [2.75, 3.05) is 6.54 Å². The van der Waals surface area contributed by atoms with E-state index >= 15 is 0 Å². The fourth-order valence-corrected chi connectivity index (χ4v) is 2.10. The monoisotopic (exact) mass is 319 g/mol. The first-order chi connectivity index (χ1) is 9.54. The van der Waals surface area contributed by atoms with E-state index in [9.17, 15) is 27.7 Å². The number of sulfonamides is 1. The molecule has 0 heterocycles. The number of halogens is 1. The van der Waals surface area contributed by atoms with Crippen LogP contribution in [0.5, 0.6) is 0 Å². The molecule has 0 radical (unpaired) electrons. The third-order valence-electron chi connectivity index (χ3n) is 2.46. The average Bonchev–Trinajstić information content (AvgIpc) is 2.34. The van der Waals surface area contributed by atoms with Gasteiger partial charge in [-0.1, -0.05) is 13.8 Å². The lowest BCUT2D eigenvalue weighted by atomic mass is 10.1. The summed E-state index contributed by atoms with van der Waals surface area (Å²) in [5, 5.41) is 17.9. The Balaban J connectivity index is 3.41. The molecule has 0 spiro atoms. The summed E-state index contributed by atoms with van der Waals surface area (Å²) >= 11 is 0. The van der Waals surface area contributed by atoms with E-state index in [-0.39, 0.29) is 12.5 Å². The summed E-state index contributed by atoms with van der Waals surface area (Å²) in [6.45, 7) is 3.78.